The number of carbonyl (C=O) groups excluding carboxylic acids is 1. The minimum atomic E-state index is 0.0185. The molecule has 1 aromatic heterocycles. The lowest BCUT2D eigenvalue weighted by molar-refractivity contribution is -0.112. The van der Waals surface area contributed by atoms with E-state index in [4.69, 9.17) is 5.73 Å². The summed E-state index contributed by atoms with van der Waals surface area (Å²) in [5.74, 6) is 1.24. The van der Waals surface area contributed by atoms with Gasteiger partial charge in [-0.05, 0) is 51.2 Å². The quantitative estimate of drug-likeness (QED) is 0.713. The summed E-state index contributed by atoms with van der Waals surface area (Å²) < 4.78 is 0. The first-order valence-electron chi connectivity index (χ1n) is 10.5. The van der Waals surface area contributed by atoms with Crippen LogP contribution in [0.3, 0.4) is 0 Å². The molecule has 6 nitrogen and oxygen atoms in total. The standard InChI is InChI=1S/C16H29N5.C4H6O.C2H6/c1-5-12(4)13-7-18-16(19-8-13)20-15-6-14(17)9-21(10-15)11(2)3;1-3-4(2)5;1-2/h7-8,11-12,14-15H,5-6,9-10,17H2,1-4H3,(H,18,19,20);3H,1H2,2H3;1-2H3. The molecule has 1 fully saturated rings. The molecule has 2 rings (SSSR count). The van der Waals surface area contributed by atoms with Gasteiger partial charge < -0.3 is 11.1 Å². The molecule has 3 atom stereocenters. The number of nitrogens with one attached hydrogen (secondary N) is 1. The van der Waals surface area contributed by atoms with Crippen LogP contribution in [0, 0.1) is 0 Å². The van der Waals surface area contributed by atoms with Gasteiger partial charge in [-0.25, -0.2) is 9.97 Å². The molecular formula is C22H41N5O. The van der Waals surface area contributed by atoms with Gasteiger partial charge in [0.15, 0.2) is 5.78 Å². The summed E-state index contributed by atoms with van der Waals surface area (Å²) in [5, 5.41) is 3.44. The van der Waals surface area contributed by atoms with E-state index in [9.17, 15) is 4.79 Å². The highest BCUT2D eigenvalue weighted by molar-refractivity contribution is 5.86. The zero-order chi connectivity index (χ0) is 21.7. The molecule has 3 N–H and O–H groups in total. The monoisotopic (exact) mass is 391 g/mol. The Kier molecular flexibility index (Phi) is 13.3. The number of piperidine rings is 1. The molecule has 1 aliphatic heterocycles. The zero-order valence-electron chi connectivity index (χ0n) is 18.9. The molecule has 28 heavy (non-hydrogen) atoms. The van der Waals surface area contributed by atoms with Crippen LogP contribution in [-0.2, 0) is 4.79 Å². The zero-order valence-corrected chi connectivity index (χ0v) is 18.9. The maximum Gasteiger partial charge on any atom is 0.222 e. The van der Waals surface area contributed by atoms with Gasteiger partial charge in [0.25, 0.3) is 0 Å². The smallest absolute Gasteiger partial charge is 0.222 e. The number of nitrogens with zero attached hydrogens (tertiary/aromatic N) is 3. The minimum Gasteiger partial charge on any atom is -0.350 e. The van der Waals surface area contributed by atoms with Crippen LogP contribution in [0.2, 0.25) is 0 Å². The summed E-state index contributed by atoms with van der Waals surface area (Å²) in [6.45, 7) is 19.5. The molecule has 0 aromatic carbocycles. The Morgan fingerprint density at radius 3 is 2.29 bits per heavy atom. The van der Waals surface area contributed by atoms with Crippen LogP contribution in [0.15, 0.2) is 25.0 Å². The highest BCUT2D eigenvalue weighted by atomic mass is 16.1. The van der Waals surface area contributed by atoms with E-state index in [1.807, 2.05) is 26.2 Å². The van der Waals surface area contributed by atoms with Crippen LogP contribution < -0.4 is 11.1 Å². The van der Waals surface area contributed by atoms with Crippen molar-refractivity contribution in [2.45, 2.75) is 85.4 Å². The Hall–Kier alpha value is -1.79. The van der Waals surface area contributed by atoms with Crippen molar-refractivity contribution < 1.29 is 4.79 Å². The molecule has 1 saturated heterocycles. The van der Waals surface area contributed by atoms with E-state index in [0.717, 1.165) is 25.9 Å². The van der Waals surface area contributed by atoms with Crippen LogP contribution in [0.1, 0.15) is 72.8 Å². The molecule has 0 aliphatic carbocycles. The van der Waals surface area contributed by atoms with Crippen LogP contribution in [0.5, 0.6) is 0 Å². The lowest BCUT2D eigenvalue weighted by Gasteiger charge is -2.38. The summed E-state index contributed by atoms with van der Waals surface area (Å²) in [6.07, 6.45) is 7.23. The molecule has 6 heteroatoms. The number of likely N-dealkylation sites (tertiary alicyclic amines) is 1. The average molecular weight is 392 g/mol. The van der Waals surface area contributed by atoms with Crippen molar-refractivity contribution in [3.05, 3.63) is 30.6 Å². The van der Waals surface area contributed by atoms with Crippen molar-refractivity contribution >= 4 is 11.7 Å². The third-order valence-corrected chi connectivity index (χ3v) is 4.72. The topological polar surface area (TPSA) is 84.1 Å². The second-order valence-corrected chi connectivity index (χ2v) is 7.35. The maximum absolute atomic E-state index is 9.69. The van der Waals surface area contributed by atoms with E-state index in [-0.39, 0.29) is 11.8 Å². The van der Waals surface area contributed by atoms with Gasteiger partial charge in [0.1, 0.15) is 0 Å². The molecule has 2 heterocycles. The average Bonchev–Trinajstić information content (AvgIpc) is 2.69. The molecule has 0 spiro atoms. The Bertz CT molecular complexity index is 559. The van der Waals surface area contributed by atoms with Crippen LogP contribution in [-0.4, -0.2) is 51.9 Å². The molecular weight excluding hydrogens is 350 g/mol. The van der Waals surface area contributed by atoms with Gasteiger partial charge >= 0.3 is 0 Å². The summed E-state index contributed by atoms with van der Waals surface area (Å²) in [6, 6.07) is 1.07. The number of allylic oxidation sites excluding steroid dienone is 1. The molecule has 0 saturated carbocycles. The normalized spacial score (nSPS) is 20.2. The molecule has 3 unspecified atom stereocenters. The van der Waals surface area contributed by atoms with Gasteiger partial charge in [0, 0.05) is 43.6 Å². The van der Waals surface area contributed by atoms with Gasteiger partial charge in [0.2, 0.25) is 5.95 Å². The van der Waals surface area contributed by atoms with E-state index in [2.05, 4.69) is 54.5 Å². The van der Waals surface area contributed by atoms with Crippen molar-refractivity contribution in [1.29, 1.82) is 0 Å². The number of rotatable bonds is 6. The molecule has 1 aromatic rings. The third-order valence-electron chi connectivity index (χ3n) is 4.72. The van der Waals surface area contributed by atoms with Crippen LogP contribution >= 0.6 is 0 Å². The first kappa shape index (κ1) is 26.2. The largest absolute Gasteiger partial charge is 0.350 e. The van der Waals surface area contributed by atoms with Gasteiger partial charge in [-0.2, -0.15) is 0 Å². The summed E-state index contributed by atoms with van der Waals surface area (Å²) in [7, 11) is 0. The molecule has 160 valence electrons. The molecule has 0 amide bonds. The van der Waals surface area contributed by atoms with Gasteiger partial charge in [-0.15, -0.1) is 0 Å². The number of carbonyl (C=O) groups is 1. The fourth-order valence-electron chi connectivity index (χ4n) is 2.78. The Morgan fingerprint density at radius 2 is 1.86 bits per heavy atom. The SMILES string of the molecule is C=CC(C)=O.CC.CCC(C)c1cnc(NC2CC(N)CN(C(C)C)C2)nc1. The first-order valence-corrected chi connectivity index (χ1v) is 10.5. The number of nitrogens with two attached hydrogens (primary N) is 1. The molecule has 1 aliphatic rings. The van der Waals surface area contributed by atoms with E-state index in [0.29, 0.717) is 23.9 Å². The lowest BCUT2D eigenvalue weighted by atomic mass is 10.0. The predicted molar refractivity (Wildman–Crippen MR) is 120 cm³/mol. The third kappa shape index (κ3) is 9.95. The predicted octanol–water partition coefficient (Wildman–Crippen LogP) is 4.00. The fourth-order valence-corrected chi connectivity index (χ4v) is 2.78. The van der Waals surface area contributed by atoms with Gasteiger partial charge in [-0.3, -0.25) is 9.69 Å². The van der Waals surface area contributed by atoms with Crippen LogP contribution in [0.25, 0.3) is 0 Å². The lowest BCUT2D eigenvalue weighted by Crippen LogP contribution is -2.53. The number of hydrogen-bond donors (Lipinski definition) is 2. The number of hydrogen-bond acceptors (Lipinski definition) is 6. The van der Waals surface area contributed by atoms with Crippen molar-refractivity contribution in [3.63, 3.8) is 0 Å². The summed E-state index contributed by atoms with van der Waals surface area (Å²) in [4.78, 5) is 21.0. The van der Waals surface area contributed by atoms with Crippen LogP contribution in [0.4, 0.5) is 5.95 Å². The number of aromatic nitrogens is 2. The highest BCUT2D eigenvalue weighted by Gasteiger charge is 2.26. The summed E-state index contributed by atoms with van der Waals surface area (Å²) >= 11 is 0. The Morgan fingerprint density at radius 1 is 1.32 bits per heavy atom. The minimum absolute atomic E-state index is 0.0185. The number of anilines is 1. The van der Waals surface area contributed by atoms with E-state index >= 15 is 0 Å². The van der Waals surface area contributed by atoms with Gasteiger partial charge in [-0.1, -0.05) is 34.3 Å². The van der Waals surface area contributed by atoms with Crippen molar-refractivity contribution in [2.24, 2.45) is 5.73 Å². The molecule has 0 radical (unpaired) electrons. The van der Waals surface area contributed by atoms with Crippen molar-refractivity contribution in [2.75, 3.05) is 18.4 Å². The first-order chi connectivity index (χ1) is 13.3. The van der Waals surface area contributed by atoms with Gasteiger partial charge in [0.05, 0.1) is 0 Å². The maximum atomic E-state index is 9.69. The second kappa shape index (κ2) is 14.2. The number of ketones is 1. The summed E-state index contributed by atoms with van der Waals surface area (Å²) in [5.41, 5.74) is 7.37. The Balaban J connectivity index is 0.000000906. The van der Waals surface area contributed by atoms with Crippen molar-refractivity contribution in [1.82, 2.24) is 14.9 Å². The Labute approximate surface area is 172 Å². The highest BCUT2D eigenvalue weighted by Crippen LogP contribution is 2.18. The van der Waals surface area contributed by atoms with E-state index in [1.165, 1.54) is 18.6 Å². The van der Waals surface area contributed by atoms with Crippen molar-refractivity contribution in [3.8, 4) is 0 Å². The fraction of sp³-hybridized carbons (Fsp3) is 0.682. The second-order valence-electron chi connectivity index (χ2n) is 7.35. The van der Waals surface area contributed by atoms with E-state index < -0.39 is 0 Å². The van der Waals surface area contributed by atoms with E-state index in [1.54, 1.807) is 0 Å². The molecule has 0 bridgehead atoms.